The average Bonchev–Trinajstić information content (AvgIpc) is 2.74. The second kappa shape index (κ2) is 9.87. The molecule has 1 atom stereocenters. The van der Waals surface area contributed by atoms with Crippen molar-refractivity contribution in [2.75, 3.05) is 37.6 Å². The Bertz CT molecular complexity index is 703. The molecule has 1 aliphatic heterocycles. The maximum atomic E-state index is 12.5. The number of ketones is 1. The Kier molecular flexibility index (Phi) is 7.26. The highest BCUT2D eigenvalue weighted by molar-refractivity contribution is 5.94. The smallest absolute Gasteiger partial charge is 0.278 e. The summed E-state index contributed by atoms with van der Waals surface area (Å²) in [6, 6.07) is 7.83. The number of rotatable bonds is 7. The lowest BCUT2D eigenvalue weighted by atomic mass is 9.97. The molecule has 0 radical (unpaired) electrons. The Balaban J connectivity index is 1.42. The topological polar surface area (TPSA) is 53.9 Å². The molecule has 2 aliphatic rings. The van der Waals surface area contributed by atoms with E-state index in [1.807, 2.05) is 31.2 Å². The predicted octanol–water partition coefficient (Wildman–Crippen LogP) is 1.99. The number of nitrogens with one attached hydrogen (secondary N) is 2. The average molecular weight is 385 g/mol. The van der Waals surface area contributed by atoms with Crippen LogP contribution in [0, 0.1) is 0 Å². The fraction of sp³-hybridized carbons (Fsp3) is 0.565. The van der Waals surface area contributed by atoms with Crippen molar-refractivity contribution >= 4 is 17.4 Å². The van der Waals surface area contributed by atoms with Crippen molar-refractivity contribution in [1.29, 1.82) is 0 Å². The molecule has 1 fully saturated rings. The third-order valence-corrected chi connectivity index (χ3v) is 6.18. The molecular formula is C23H34N3O2+. The zero-order valence-corrected chi connectivity index (χ0v) is 17.3. The summed E-state index contributed by atoms with van der Waals surface area (Å²) in [7, 11) is 0. The number of allylic oxidation sites excluding steroid dienone is 1. The minimum Gasteiger partial charge on any atom is -0.360 e. The molecule has 1 amide bonds. The van der Waals surface area contributed by atoms with Gasteiger partial charge in [0.1, 0.15) is 0 Å². The Labute approximate surface area is 168 Å². The van der Waals surface area contributed by atoms with E-state index in [4.69, 9.17) is 0 Å². The van der Waals surface area contributed by atoms with E-state index in [0.717, 1.165) is 50.4 Å². The number of nitrogens with zero attached hydrogens (tertiary/aromatic N) is 1. The van der Waals surface area contributed by atoms with Crippen LogP contribution in [0.15, 0.2) is 35.9 Å². The number of carbonyl (C=O) groups excluding carboxylic acids is 2. The lowest BCUT2D eigenvalue weighted by Gasteiger charge is -2.36. The highest BCUT2D eigenvalue weighted by Gasteiger charge is 2.29. The Morgan fingerprint density at radius 1 is 1.14 bits per heavy atom. The number of hydrogen-bond acceptors (Lipinski definition) is 3. The first-order valence-corrected chi connectivity index (χ1v) is 10.7. The van der Waals surface area contributed by atoms with Crippen molar-refractivity contribution in [3.8, 4) is 0 Å². The van der Waals surface area contributed by atoms with E-state index in [0.29, 0.717) is 0 Å². The Hall–Kier alpha value is -2.14. The van der Waals surface area contributed by atoms with Crippen LogP contribution in [-0.4, -0.2) is 50.5 Å². The van der Waals surface area contributed by atoms with Crippen LogP contribution >= 0.6 is 0 Å². The molecule has 0 unspecified atom stereocenters. The molecule has 1 aromatic carbocycles. The molecule has 1 saturated heterocycles. The summed E-state index contributed by atoms with van der Waals surface area (Å²) in [6.07, 6.45) is 8.35. The Morgan fingerprint density at radius 2 is 1.86 bits per heavy atom. The molecule has 0 spiro atoms. The molecule has 3 rings (SSSR count). The van der Waals surface area contributed by atoms with Gasteiger partial charge >= 0.3 is 0 Å². The van der Waals surface area contributed by atoms with Gasteiger partial charge in [0.15, 0.2) is 11.8 Å². The number of amides is 1. The summed E-state index contributed by atoms with van der Waals surface area (Å²) in [5.41, 5.74) is 3.42. The van der Waals surface area contributed by atoms with Crippen molar-refractivity contribution in [1.82, 2.24) is 5.32 Å². The normalized spacial score (nSPS) is 19.1. The monoisotopic (exact) mass is 384 g/mol. The molecule has 1 aliphatic carbocycles. The lowest BCUT2D eigenvalue weighted by Crippen LogP contribution is -3.19. The van der Waals surface area contributed by atoms with E-state index in [-0.39, 0.29) is 17.7 Å². The summed E-state index contributed by atoms with van der Waals surface area (Å²) < 4.78 is 0. The van der Waals surface area contributed by atoms with Gasteiger partial charge in [-0.1, -0.05) is 11.6 Å². The second-order valence-corrected chi connectivity index (χ2v) is 8.12. The van der Waals surface area contributed by atoms with Gasteiger partial charge in [-0.15, -0.1) is 0 Å². The highest BCUT2D eigenvalue weighted by Crippen LogP contribution is 2.19. The minimum atomic E-state index is -0.0115. The number of hydrogen-bond donors (Lipinski definition) is 2. The summed E-state index contributed by atoms with van der Waals surface area (Å²) in [5.74, 6) is 0.270. The van der Waals surface area contributed by atoms with Crippen LogP contribution in [0.1, 0.15) is 56.3 Å². The van der Waals surface area contributed by atoms with E-state index in [1.54, 1.807) is 6.92 Å². The van der Waals surface area contributed by atoms with Gasteiger partial charge in [0, 0.05) is 17.8 Å². The van der Waals surface area contributed by atoms with Crippen molar-refractivity contribution in [2.45, 2.75) is 52.0 Å². The van der Waals surface area contributed by atoms with Crippen LogP contribution in [0.5, 0.6) is 0 Å². The number of Topliss-reactive ketones (excluding diaryl/α,β-unsaturated/α-hetero) is 1. The van der Waals surface area contributed by atoms with E-state index in [1.165, 1.54) is 36.2 Å². The fourth-order valence-electron chi connectivity index (χ4n) is 4.21. The van der Waals surface area contributed by atoms with Gasteiger partial charge in [-0.3, -0.25) is 9.59 Å². The van der Waals surface area contributed by atoms with Crippen molar-refractivity contribution in [3.63, 3.8) is 0 Å². The summed E-state index contributed by atoms with van der Waals surface area (Å²) in [6.45, 7) is 8.16. The number of anilines is 1. The van der Waals surface area contributed by atoms with Crippen LogP contribution in [0.3, 0.4) is 0 Å². The van der Waals surface area contributed by atoms with Gasteiger partial charge in [-0.2, -0.15) is 0 Å². The van der Waals surface area contributed by atoms with Crippen LogP contribution in [0.25, 0.3) is 0 Å². The third-order valence-electron chi connectivity index (χ3n) is 6.18. The van der Waals surface area contributed by atoms with E-state index < -0.39 is 0 Å². The van der Waals surface area contributed by atoms with Gasteiger partial charge in [0.2, 0.25) is 0 Å². The van der Waals surface area contributed by atoms with E-state index >= 15 is 0 Å². The summed E-state index contributed by atoms with van der Waals surface area (Å²) >= 11 is 0. The van der Waals surface area contributed by atoms with Crippen molar-refractivity contribution in [3.05, 3.63) is 41.5 Å². The first-order valence-electron chi connectivity index (χ1n) is 10.7. The highest BCUT2D eigenvalue weighted by atomic mass is 16.2. The molecule has 0 aromatic heterocycles. The molecule has 28 heavy (non-hydrogen) atoms. The first-order chi connectivity index (χ1) is 13.5. The lowest BCUT2D eigenvalue weighted by molar-refractivity contribution is -0.914. The van der Waals surface area contributed by atoms with Gasteiger partial charge in [-0.05, 0) is 70.2 Å². The minimum absolute atomic E-state index is 0.0115. The standard InChI is InChI=1S/C23H33N3O2/c1-18(23(28)24-13-12-20-6-4-3-5-7-20)25-14-16-26(17-15-25)22-10-8-21(9-11-22)19(2)27/h6,8-11,18H,3-5,7,12-17H2,1-2H3,(H,24,28)/p+1/t18-/m0/s1. The Morgan fingerprint density at radius 3 is 2.46 bits per heavy atom. The number of piperazine rings is 1. The van der Waals surface area contributed by atoms with Crippen molar-refractivity contribution in [2.24, 2.45) is 0 Å². The van der Waals surface area contributed by atoms with Gasteiger partial charge in [0.25, 0.3) is 5.91 Å². The van der Waals surface area contributed by atoms with Gasteiger partial charge in [0.05, 0.1) is 26.2 Å². The molecule has 1 aromatic rings. The van der Waals surface area contributed by atoms with E-state index in [9.17, 15) is 9.59 Å². The molecule has 0 bridgehead atoms. The quantitative estimate of drug-likeness (QED) is 0.558. The first kappa shape index (κ1) is 20.6. The molecule has 5 nitrogen and oxygen atoms in total. The summed E-state index contributed by atoms with van der Waals surface area (Å²) in [5, 5.41) is 3.14. The number of benzene rings is 1. The maximum Gasteiger partial charge on any atom is 0.278 e. The fourth-order valence-corrected chi connectivity index (χ4v) is 4.21. The summed E-state index contributed by atoms with van der Waals surface area (Å²) in [4.78, 5) is 27.7. The maximum absolute atomic E-state index is 12.5. The van der Waals surface area contributed by atoms with Crippen LogP contribution in [-0.2, 0) is 4.79 Å². The van der Waals surface area contributed by atoms with Crippen LogP contribution < -0.4 is 15.1 Å². The number of quaternary nitrogens is 1. The molecule has 2 N–H and O–H groups in total. The molecule has 0 saturated carbocycles. The molecule has 5 heteroatoms. The second-order valence-electron chi connectivity index (χ2n) is 8.12. The van der Waals surface area contributed by atoms with Crippen molar-refractivity contribution < 1.29 is 14.5 Å². The largest absolute Gasteiger partial charge is 0.360 e. The zero-order valence-electron chi connectivity index (χ0n) is 17.3. The molecule has 152 valence electrons. The molecular weight excluding hydrogens is 350 g/mol. The SMILES string of the molecule is CC(=O)c1ccc(N2CC[NH+]([C@@H](C)C(=O)NCCC3=CCCCC3)CC2)cc1. The third kappa shape index (κ3) is 5.44. The zero-order chi connectivity index (χ0) is 19.9. The van der Waals surface area contributed by atoms with Crippen LogP contribution in [0.2, 0.25) is 0 Å². The van der Waals surface area contributed by atoms with Gasteiger partial charge < -0.3 is 15.1 Å². The van der Waals surface area contributed by atoms with Gasteiger partial charge in [-0.25, -0.2) is 0 Å². The predicted molar refractivity (Wildman–Crippen MR) is 113 cm³/mol. The molecule has 1 heterocycles. The number of carbonyl (C=O) groups is 2. The van der Waals surface area contributed by atoms with E-state index in [2.05, 4.69) is 16.3 Å². The van der Waals surface area contributed by atoms with Crippen LogP contribution in [0.4, 0.5) is 5.69 Å².